The number of hydrogen-bond donors (Lipinski definition) is 0. The lowest BCUT2D eigenvalue weighted by atomic mass is 9.93. The first kappa shape index (κ1) is 16.4. The van der Waals surface area contributed by atoms with Crippen molar-refractivity contribution >= 4 is 28.9 Å². The normalized spacial score (nSPS) is 21.1. The second-order valence-electron chi connectivity index (χ2n) is 6.80. The molecule has 1 fully saturated rings. The van der Waals surface area contributed by atoms with Gasteiger partial charge in [0, 0.05) is 0 Å². The molecule has 0 unspecified atom stereocenters. The maximum atomic E-state index is 13.4. The van der Waals surface area contributed by atoms with Gasteiger partial charge in [0.25, 0.3) is 5.91 Å². The zero-order valence-corrected chi connectivity index (χ0v) is 15.0. The molecule has 3 aromatic rings. The summed E-state index contributed by atoms with van der Waals surface area (Å²) in [4.78, 5) is 28.0. The number of rotatable bonds is 3. The molecular formula is C23H17N3O2. The van der Waals surface area contributed by atoms with Crippen LogP contribution < -0.4 is 9.91 Å². The minimum atomic E-state index is -0.676. The van der Waals surface area contributed by atoms with E-state index in [1.165, 1.54) is 4.90 Å². The minimum absolute atomic E-state index is 0.234. The molecule has 0 aliphatic carbocycles. The SMILES string of the molecule is O=C1[C@@H]2C(c3ccccc3)=NN(c3ccccc3)[C@@H]2C(=O)N1c1ccccc1. The fraction of sp³-hybridized carbons (Fsp3) is 0.0870. The van der Waals surface area contributed by atoms with Gasteiger partial charge in [0.2, 0.25) is 5.91 Å². The first-order valence-corrected chi connectivity index (χ1v) is 9.17. The smallest absolute Gasteiger partial charge is 0.259 e. The van der Waals surface area contributed by atoms with Crippen LogP contribution >= 0.6 is 0 Å². The second kappa shape index (κ2) is 6.46. The quantitative estimate of drug-likeness (QED) is 0.666. The summed E-state index contributed by atoms with van der Waals surface area (Å²) >= 11 is 0. The van der Waals surface area contributed by atoms with Crippen molar-refractivity contribution in [2.24, 2.45) is 11.0 Å². The number of carbonyl (C=O) groups excluding carboxylic acids is 2. The number of fused-ring (bicyclic) bond motifs is 1. The predicted molar refractivity (Wildman–Crippen MR) is 108 cm³/mol. The Labute approximate surface area is 162 Å². The molecule has 2 aliphatic rings. The highest BCUT2D eigenvalue weighted by atomic mass is 16.2. The molecule has 0 saturated carbocycles. The van der Waals surface area contributed by atoms with E-state index in [9.17, 15) is 9.59 Å². The number of anilines is 2. The van der Waals surface area contributed by atoms with Crippen molar-refractivity contribution in [2.45, 2.75) is 6.04 Å². The summed E-state index contributed by atoms with van der Waals surface area (Å²) < 4.78 is 0. The Hall–Kier alpha value is -3.73. The molecule has 5 nitrogen and oxygen atoms in total. The summed E-state index contributed by atoms with van der Waals surface area (Å²) in [6, 6.07) is 27.5. The molecule has 2 aliphatic heterocycles. The summed E-state index contributed by atoms with van der Waals surface area (Å²) in [6.07, 6.45) is 0. The van der Waals surface area contributed by atoms with Crippen LogP contribution in [0.25, 0.3) is 0 Å². The lowest BCUT2D eigenvalue weighted by molar-refractivity contribution is -0.121. The third-order valence-electron chi connectivity index (χ3n) is 5.15. The molecule has 5 heteroatoms. The van der Waals surface area contributed by atoms with Crippen molar-refractivity contribution in [3.05, 3.63) is 96.6 Å². The highest BCUT2D eigenvalue weighted by molar-refractivity contribution is 6.34. The molecule has 0 aromatic heterocycles. The third-order valence-corrected chi connectivity index (χ3v) is 5.15. The van der Waals surface area contributed by atoms with Gasteiger partial charge in [-0.25, -0.2) is 4.90 Å². The van der Waals surface area contributed by atoms with Crippen LogP contribution in [0, 0.1) is 5.92 Å². The zero-order chi connectivity index (χ0) is 19.1. The van der Waals surface area contributed by atoms with Crippen LogP contribution in [0.5, 0.6) is 0 Å². The van der Waals surface area contributed by atoms with Crippen LogP contribution in [-0.2, 0) is 9.59 Å². The third kappa shape index (κ3) is 2.44. The lowest BCUT2D eigenvalue weighted by Gasteiger charge is -2.22. The summed E-state index contributed by atoms with van der Waals surface area (Å²) in [6.45, 7) is 0. The lowest BCUT2D eigenvalue weighted by Crippen LogP contribution is -2.39. The van der Waals surface area contributed by atoms with Crippen LogP contribution in [0.1, 0.15) is 5.56 Å². The summed E-state index contributed by atoms with van der Waals surface area (Å²) in [5.41, 5.74) is 2.87. The van der Waals surface area contributed by atoms with Crippen LogP contribution in [0.15, 0.2) is 96.1 Å². The van der Waals surface area contributed by atoms with Crippen molar-refractivity contribution in [3.8, 4) is 0 Å². The molecule has 5 rings (SSSR count). The van der Waals surface area contributed by atoms with Gasteiger partial charge in [-0.1, -0.05) is 66.7 Å². The van der Waals surface area contributed by atoms with E-state index >= 15 is 0 Å². The highest BCUT2D eigenvalue weighted by Crippen LogP contribution is 2.39. The molecule has 0 N–H and O–H groups in total. The fourth-order valence-corrected chi connectivity index (χ4v) is 3.89. The summed E-state index contributed by atoms with van der Waals surface area (Å²) in [5.74, 6) is -1.11. The van der Waals surface area contributed by atoms with Crippen molar-refractivity contribution < 1.29 is 9.59 Å². The monoisotopic (exact) mass is 367 g/mol. The minimum Gasteiger partial charge on any atom is -0.273 e. The van der Waals surface area contributed by atoms with Crippen molar-refractivity contribution in [2.75, 3.05) is 9.91 Å². The first-order valence-electron chi connectivity index (χ1n) is 9.17. The van der Waals surface area contributed by atoms with E-state index in [1.54, 1.807) is 17.1 Å². The Balaban J connectivity index is 1.64. The van der Waals surface area contributed by atoms with Gasteiger partial charge in [-0.3, -0.25) is 14.6 Å². The second-order valence-corrected chi connectivity index (χ2v) is 6.80. The topological polar surface area (TPSA) is 53.0 Å². The van der Waals surface area contributed by atoms with Crippen LogP contribution in [0.2, 0.25) is 0 Å². The van der Waals surface area contributed by atoms with Crippen LogP contribution in [0.4, 0.5) is 11.4 Å². The fourth-order valence-electron chi connectivity index (χ4n) is 3.89. The number of imide groups is 1. The molecular weight excluding hydrogens is 350 g/mol. The predicted octanol–water partition coefficient (Wildman–Crippen LogP) is 3.47. The van der Waals surface area contributed by atoms with Crippen molar-refractivity contribution in [3.63, 3.8) is 0 Å². The Morgan fingerprint density at radius 3 is 1.79 bits per heavy atom. The van der Waals surface area contributed by atoms with E-state index in [0.29, 0.717) is 11.4 Å². The van der Waals surface area contributed by atoms with Gasteiger partial charge >= 0.3 is 0 Å². The van der Waals surface area contributed by atoms with Gasteiger partial charge in [-0.2, -0.15) is 5.10 Å². The number of carbonyl (C=O) groups is 2. The van der Waals surface area contributed by atoms with E-state index in [-0.39, 0.29) is 11.8 Å². The molecule has 0 spiro atoms. The molecule has 2 atom stereocenters. The van der Waals surface area contributed by atoms with Crippen LogP contribution in [-0.4, -0.2) is 23.6 Å². The van der Waals surface area contributed by atoms with Crippen LogP contribution in [0.3, 0.4) is 0 Å². The Morgan fingerprint density at radius 2 is 1.18 bits per heavy atom. The number of benzene rings is 3. The van der Waals surface area contributed by atoms with Gasteiger partial charge in [0.05, 0.1) is 17.1 Å². The van der Waals surface area contributed by atoms with Gasteiger partial charge in [-0.15, -0.1) is 0 Å². The maximum Gasteiger partial charge on any atom is 0.259 e. The molecule has 136 valence electrons. The number of para-hydroxylation sites is 2. The number of nitrogens with zero attached hydrogens (tertiary/aromatic N) is 3. The Kier molecular flexibility index (Phi) is 3.79. The molecule has 1 saturated heterocycles. The molecule has 2 amide bonds. The van der Waals surface area contributed by atoms with Crippen molar-refractivity contribution in [1.29, 1.82) is 0 Å². The van der Waals surface area contributed by atoms with Crippen molar-refractivity contribution in [1.82, 2.24) is 0 Å². The standard InChI is InChI=1S/C23H17N3O2/c27-22-19-20(16-10-4-1-5-11-16)24-26(18-14-8-3-9-15-18)21(19)23(28)25(22)17-12-6-2-7-13-17/h1-15,19,21H/t19-,21+/m1/s1. The largest absolute Gasteiger partial charge is 0.273 e. The number of hydrogen-bond acceptors (Lipinski definition) is 4. The molecule has 2 heterocycles. The average Bonchev–Trinajstić information content (AvgIpc) is 3.27. The van der Waals surface area contributed by atoms with E-state index in [1.807, 2.05) is 78.9 Å². The van der Waals surface area contributed by atoms with Gasteiger partial charge < -0.3 is 0 Å². The zero-order valence-electron chi connectivity index (χ0n) is 15.0. The number of amides is 2. The molecule has 28 heavy (non-hydrogen) atoms. The molecule has 0 bridgehead atoms. The number of hydrazone groups is 1. The Morgan fingerprint density at radius 1 is 0.643 bits per heavy atom. The van der Waals surface area contributed by atoms with Gasteiger partial charge in [0.1, 0.15) is 12.0 Å². The Bertz CT molecular complexity index is 1060. The van der Waals surface area contributed by atoms with Gasteiger partial charge in [-0.05, 0) is 29.8 Å². The summed E-state index contributed by atoms with van der Waals surface area (Å²) in [5, 5.41) is 6.41. The van der Waals surface area contributed by atoms with E-state index in [4.69, 9.17) is 5.10 Å². The van der Waals surface area contributed by atoms with E-state index < -0.39 is 12.0 Å². The van der Waals surface area contributed by atoms with Gasteiger partial charge in [0.15, 0.2) is 0 Å². The summed E-state index contributed by atoms with van der Waals surface area (Å²) in [7, 11) is 0. The van der Waals surface area contributed by atoms with E-state index in [2.05, 4.69) is 0 Å². The van der Waals surface area contributed by atoms with E-state index in [0.717, 1.165) is 11.3 Å². The maximum absolute atomic E-state index is 13.4. The highest BCUT2D eigenvalue weighted by Gasteiger charge is 2.57. The first-order chi connectivity index (χ1) is 13.8. The molecule has 3 aromatic carbocycles. The average molecular weight is 367 g/mol. The molecule has 0 radical (unpaired) electrons.